The number of aryl methyl sites for hydroxylation is 2. The number of benzene rings is 2. The van der Waals surface area contributed by atoms with Gasteiger partial charge in [-0.2, -0.15) is 5.10 Å². The number of hydrogen-bond acceptors (Lipinski definition) is 3. The van der Waals surface area contributed by atoms with Gasteiger partial charge in [-0.1, -0.05) is 67.9 Å². The Morgan fingerprint density at radius 3 is 2.40 bits per heavy atom. The zero-order valence-electron chi connectivity index (χ0n) is 14.6. The molecule has 1 N–H and O–H groups in total. The van der Waals surface area contributed by atoms with Gasteiger partial charge in [0.2, 0.25) is 0 Å². The van der Waals surface area contributed by atoms with E-state index in [-0.39, 0.29) is 11.3 Å². The van der Waals surface area contributed by atoms with Crippen LogP contribution in [-0.2, 0) is 13.0 Å². The van der Waals surface area contributed by atoms with Crippen LogP contribution in [-0.4, -0.2) is 14.9 Å². The normalized spacial score (nSPS) is 10.8. The van der Waals surface area contributed by atoms with E-state index in [0.717, 1.165) is 23.1 Å². The average molecular weight is 334 g/mol. The first-order chi connectivity index (χ1) is 12.1. The summed E-state index contributed by atoms with van der Waals surface area (Å²) < 4.78 is 1.46. The predicted octanol–water partition coefficient (Wildman–Crippen LogP) is 3.93. The van der Waals surface area contributed by atoms with E-state index >= 15 is 0 Å². The third-order valence-corrected chi connectivity index (χ3v) is 4.28. The summed E-state index contributed by atoms with van der Waals surface area (Å²) in [7, 11) is 0. The summed E-state index contributed by atoms with van der Waals surface area (Å²) in [4.78, 5) is 13.0. The lowest BCUT2D eigenvalue weighted by Gasteiger charge is -2.14. The molecule has 2 aromatic carbocycles. The largest absolute Gasteiger partial charge is 0.505 e. The summed E-state index contributed by atoms with van der Waals surface area (Å²) in [6, 6.07) is 17.4. The minimum atomic E-state index is -0.268. The molecule has 0 saturated carbocycles. The van der Waals surface area contributed by atoms with Crippen molar-refractivity contribution in [3.05, 3.63) is 81.8 Å². The molecule has 1 aromatic heterocycles. The zero-order chi connectivity index (χ0) is 17.8. The van der Waals surface area contributed by atoms with Crippen molar-refractivity contribution in [3.8, 4) is 16.9 Å². The molecule has 0 aliphatic rings. The van der Waals surface area contributed by atoms with Crippen LogP contribution in [0.25, 0.3) is 11.1 Å². The third-order valence-electron chi connectivity index (χ3n) is 4.28. The quantitative estimate of drug-likeness (QED) is 0.769. The molecule has 0 radical (unpaired) electrons. The van der Waals surface area contributed by atoms with Gasteiger partial charge < -0.3 is 5.11 Å². The maximum Gasteiger partial charge on any atom is 0.278 e. The lowest BCUT2D eigenvalue weighted by atomic mass is 10.00. The molecule has 0 saturated heterocycles. The maximum absolute atomic E-state index is 13.0. The molecule has 0 bridgehead atoms. The van der Waals surface area contributed by atoms with Gasteiger partial charge in [0.05, 0.1) is 12.1 Å². The van der Waals surface area contributed by atoms with E-state index in [1.54, 1.807) is 0 Å². The number of nitrogens with zero attached hydrogens (tertiary/aromatic N) is 2. The fraction of sp³-hybridized carbons (Fsp3) is 0.238. The monoisotopic (exact) mass is 334 g/mol. The number of aromatic hydroxyl groups is 1. The first-order valence-corrected chi connectivity index (χ1v) is 8.54. The van der Waals surface area contributed by atoms with Gasteiger partial charge in [0, 0.05) is 0 Å². The minimum Gasteiger partial charge on any atom is -0.505 e. The maximum atomic E-state index is 13.0. The summed E-state index contributed by atoms with van der Waals surface area (Å²) in [6.45, 7) is 4.35. The highest BCUT2D eigenvalue weighted by Crippen LogP contribution is 2.30. The SMILES string of the molecule is CCCc1nn(Cc2ccccc2)c(=O)c(-c2ccccc2C)c1O. The fourth-order valence-corrected chi connectivity index (χ4v) is 2.98. The molecule has 0 aliphatic heterocycles. The fourth-order valence-electron chi connectivity index (χ4n) is 2.98. The molecule has 4 heteroatoms. The van der Waals surface area contributed by atoms with Gasteiger partial charge in [0.25, 0.3) is 5.56 Å². The van der Waals surface area contributed by atoms with Gasteiger partial charge >= 0.3 is 0 Å². The Bertz CT molecular complexity index is 930. The molecule has 0 spiro atoms. The van der Waals surface area contributed by atoms with Crippen LogP contribution < -0.4 is 5.56 Å². The summed E-state index contributed by atoms with van der Waals surface area (Å²) in [6.07, 6.45) is 1.47. The molecular formula is C21H22N2O2. The molecule has 3 rings (SSSR count). The van der Waals surface area contributed by atoms with Crippen LogP contribution in [0.4, 0.5) is 0 Å². The molecule has 3 aromatic rings. The summed E-state index contributed by atoms with van der Waals surface area (Å²) >= 11 is 0. The Balaban J connectivity index is 2.20. The van der Waals surface area contributed by atoms with Gasteiger partial charge in [0.1, 0.15) is 5.69 Å². The first-order valence-electron chi connectivity index (χ1n) is 8.54. The van der Waals surface area contributed by atoms with Gasteiger partial charge in [-0.25, -0.2) is 4.68 Å². The Hall–Kier alpha value is -2.88. The molecule has 0 amide bonds. The Morgan fingerprint density at radius 1 is 1.04 bits per heavy atom. The molecule has 1 heterocycles. The predicted molar refractivity (Wildman–Crippen MR) is 99.9 cm³/mol. The molecule has 0 aliphatic carbocycles. The smallest absolute Gasteiger partial charge is 0.278 e. The van der Waals surface area contributed by atoms with Crippen LogP contribution in [0.15, 0.2) is 59.4 Å². The van der Waals surface area contributed by atoms with E-state index in [0.29, 0.717) is 24.2 Å². The van der Waals surface area contributed by atoms with Crippen molar-refractivity contribution in [1.82, 2.24) is 9.78 Å². The highest BCUT2D eigenvalue weighted by atomic mass is 16.3. The zero-order valence-corrected chi connectivity index (χ0v) is 14.6. The molecule has 0 atom stereocenters. The van der Waals surface area contributed by atoms with Crippen molar-refractivity contribution in [1.29, 1.82) is 0 Å². The molecule has 128 valence electrons. The topological polar surface area (TPSA) is 55.1 Å². The Kier molecular flexibility index (Phi) is 4.98. The van der Waals surface area contributed by atoms with Crippen LogP contribution in [0.1, 0.15) is 30.2 Å². The average Bonchev–Trinajstić information content (AvgIpc) is 2.62. The van der Waals surface area contributed by atoms with Gasteiger partial charge in [-0.3, -0.25) is 4.79 Å². The van der Waals surface area contributed by atoms with Crippen molar-refractivity contribution >= 4 is 0 Å². The van der Waals surface area contributed by atoms with Gasteiger partial charge in [0.15, 0.2) is 5.75 Å². The molecule has 0 unspecified atom stereocenters. The van der Waals surface area contributed by atoms with Crippen LogP contribution in [0.2, 0.25) is 0 Å². The second kappa shape index (κ2) is 7.34. The highest BCUT2D eigenvalue weighted by Gasteiger charge is 2.19. The van der Waals surface area contributed by atoms with E-state index < -0.39 is 0 Å². The first kappa shape index (κ1) is 17.0. The van der Waals surface area contributed by atoms with Crippen LogP contribution >= 0.6 is 0 Å². The second-order valence-corrected chi connectivity index (χ2v) is 6.18. The molecule has 25 heavy (non-hydrogen) atoms. The van der Waals surface area contributed by atoms with Crippen molar-refractivity contribution in [2.24, 2.45) is 0 Å². The van der Waals surface area contributed by atoms with E-state index in [9.17, 15) is 9.90 Å². The van der Waals surface area contributed by atoms with Crippen molar-refractivity contribution in [2.75, 3.05) is 0 Å². The standard InChI is InChI=1S/C21H22N2O2/c1-3-9-18-20(24)19(17-13-8-7-10-15(17)2)21(25)23(22-18)14-16-11-5-4-6-12-16/h4-8,10-13,24H,3,9,14H2,1-2H3. The minimum absolute atomic E-state index is 0.00506. The van der Waals surface area contributed by atoms with E-state index in [4.69, 9.17) is 0 Å². The number of hydrogen-bond donors (Lipinski definition) is 1. The van der Waals surface area contributed by atoms with Crippen molar-refractivity contribution in [2.45, 2.75) is 33.2 Å². The van der Waals surface area contributed by atoms with E-state index in [2.05, 4.69) is 5.10 Å². The Morgan fingerprint density at radius 2 is 1.72 bits per heavy atom. The number of aromatic nitrogens is 2. The molecule has 4 nitrogen and oxygen atoms in total. The van der Waals surface area contributed by atoms with E-state index in [1.807, 2.05) is 68.4 Å². The summed E-state index contributed by atoms with van der Waals surface area (Å²) in [5, 5.41) is 15.1. The lowest BCUT2D eigenvalue weighted by molar-refractivity contribution is 0.452. The van der Waals surface area contributed by atoms with E-state index in [1.165, 1.54) is 4.68 Å². The van der Waals surface area contributed by atoms with Crippen LogP contribution in [0.5, 0.6) is 5.75 Å². The molecule has 0 fully saturated rings. The Labute approximate surface area is 147 Å². The van der Waals surface area contributed by atoms with Crippen molar-refractivity contribution < 1.29 is 5.11 Å². The van der Waals surface area contributed by atoms with Crippen LogP contribution in [0.3, 0.4) is 0 Å². The van der Waals surface area contributed by atoms with Crippen molar-refractivity contribution in [3.63, 3.8) is 0 Å². The second-order valence-electron chi connectivity index (χ2n) is 6.18. The third kappa shape index (κ3) is 3.48. The number of rotatable bonds is 5. The van der Waals surface area contributed by atoms with Gasteiger partial charge in [-0.15, -0.1) is 0 Å². The van der Waals surface area contributed by atoms with Gasteiger partial charge in [-0.05, 0) is 30.0 Å². The molecular weight excluding hydrogens is 312 g/mol. The highest BCUT2D eigenvalue weighted by molar-refractivity contribution is 5.72. The lowest BCUT2D eigenvalue weighted by Crippen LogP contribution is -2.26. The van der Waals surface area contributed by atoms with Crippen LogP contribution in [0, 0.1) is 6.92 Å². The summed E-state index contributed by atoms with van der Waals surface area (Å²) in [5.74, 6) is 0.00506. The summed E-state index contributed by atoms with van der Waals surface area (Å²) in [5.41, 5.74) is 3.35.